The molecule has 7 heteroatoms. The Hall–Kier alpha value is -2.02. The number of hydrogen-bond donors (Lipinski definition) is 3. The van der Waals surface area contributed by atoms with E-state index in [9.17, 15) is 14.6 Å². The third-order valence-corrected chi connectivity index (χ3v) is 3.67. The number of carbonyl (C=O) groups is 2. The average Bonchev–Trinajstić information content (AvgIpc) is 2.57. The van der Waals surface area contributed by atoms with Crippen molar-refractivity contribution in [1.82, 2.24) is 10.6 Å². The summed E-state index contributed by atoms with van der Waals surface area (Å²) in [7, 11) is 0.965. The molecule has 1 aromatic rings. The lowest BCUT2D eigenvalue weighted by Gasteiger charge is -2.23. The molecule has 1 rings (SSSR count). The summed E-state index contributed by atoms with van der Waals surface area (Å²) in [4.78, 5) is 23.7. The Morgan fingerprint density at radius 3 is 2.43 bits per heavy atom. The lowest BCUT2D eigenvalue weighted by atomic mass is 9.78. The van der Waals surface area contributed by atoms with Gasteiger partial charge in [-0.2, -0.15) is 0 Å². The van der Waals surface area contributed by atoms with Crippen LogP contribution in [-0.4, -0.2) is 36.5 Å². The van der Waals surface area contributed by atoms with E-state index < -0.39 is 18.1 Å². The first-order valence-electron chi connectivity index (χ1n) is 7.73. The third-order valence-electron chi connectivity index (χ3n) is 3.67. The van der Waals surface area contributed by atoms with Gasteiger partial charge < -0.3 is 20.4 Å². The maximum Gasteiger partial charge on any atom is 0.408 e. The minimum Gasteiger partial charge on any atom is -0.452 e. The zero-order valence-electron chi connectivity index (χ0n) is 13.8. The lowest BCUT2D eigenvalue weighted by molar-refractivity contribution is -0.123. The minimum absolute atomic E-state index is 0.0983. The molecule has 0 saturated heterocycles. The van der Waals surface area contributed by atoms with Crippen molar-refractivity contribution >= 4 is 19.5 Å². The maximum atomic E-state index is 12.0. The first-order chi connectivity index (χ1) is 11.0. The van der Waals surface area contributed by atoms with Crippen LogP contribution in [0.1, 0.15) is 32.8 Å². The Labute approximate surface area is 137 Å². The summed E-state index contributed by atoms with van der Waals surface area (Å²) < 4.78 is 5.06. The second-order valence-corrected chi connectivity index (χ2v) is 5.50. The summed E-state index contributed by atoms with van der Waals surface area (Å²) in [6.45, 7) is 5.59. The molecule has 3 N–H and O–H groups in total. The predicted molar refractivity (Wildman–Crippen MR) is 88.6 cm³/mol. The molecule has 23 heavy (non-hydrogen) atoms. The molecular weight excluding hydrogens is 295 g/mol. The van der Waals surface area contributed by atoms with E-state index in [-0.39, 0.29) is 18.4 Å². The second-order valence-electron chi connectivity index (χ2n) is 5.50. The minimum atomic E-state index is -0.759. The van der Waals surface area contributed by atoms with Crippen LogP contribution in [0.5, 0.6) is 0 Å². The zero-order chi connectivity index (χ0) is 17.2. The number of nitrogens with one attached hydrogen (secondary N) is 2. The van der Waals surface area contributed by atoms with Crippen LogP contribution in [-0.2, 0) is 16.1 Å². The van der Waals surface area contributed by atoms with Gasteiger partial charge in [0.15, 0.2) is 0 Å². The van der Waals surface area contributed by atoms with Gasteiger partial charge in [-0.15, -0.1) is 0 Å². The van der Waals surface area contributed by atoms with E-state index in [1.807, 2.05) is 44.2 Å². The summed E-state index contributed by atoms with van der Waals surface area (Å²) in [5.41, 5.74) is 0.867. The molecule has 0 aliphatic rings. The molecule has 0 unspecified atom stereocenters. The van der Waals surface area contributed by atoms with Gasteiger partial charge in [0.25, 0.3) is 0 Å². The van der Waals surface area contributed by atoms with Crippen molar-refractivity contribution in [3.63, 3.8) is 0 Å². The molecule has 0 spiro atoms. The fourth-order valence-corrected chi connectivity index (χ4v) is 1.88. The number of hydrogen-bond acceptors (Lipinski definition) is 4. The molecule has 0 aliphatic heterocycles. The SMILES string of the molecule is CC[C@H](C)[C@@H]([B]O)NC(=O)[C@H](C)NC(=O)OCc1ccccc1. The van der Waals surface area contributed by atoms with Crippen LogP contribution in [0, 0.1) is 5.92 Å². The Bertz CT molecular complexity index is 498. The van der Waals surface area contributed by atoms with Gasteiger partial charge in [-0.1, -0.05) is 50.6 Å². The van der Waals surface area contributed by atoms with Crippen molar-refractivity contribution in [1.29, 1.82) is 0 Å². The molecule has 0 bridgehead atoms. The molecule has 0 fully saturated rings. The quantitative estimate of drug-likeness (QED) is 0.632. The number of ether oxygens (including phenoxy) is 1. The largest absolute Gasteiger partial charge is 0.452 e. The van der Waals surface area contributed by atoms with Crippen molar-refractivity contribution in [2.45, 2.75) is 45.8 Å². The summed E-state index contributed by atoms with van der Waals surface area (Å²) in [5, 5.41) is 14.3. The number of benzene rings is 1. The van der Waals surface area contributed by atoms with Crippen LogP contribution in [0.25, 0.3) is 0 Å². The number of amides is 2. The van der Waals surface area contributed by atoms with Crippen LogP contribution in [0.15, 0.2) is 30.3 Å². The molecule has 1 radical (unpaired) electrons. The molecule has 1 aromatic carbocycles. The highest BCUT2D eigenvalue weighted by molar-refractivity contribution is 6.28. The topological polar surface area (TPSA) is 87.7 Å². The summed E-state index contributed by atoms with van der Waals surface area (Å²) in [6.07, 6.45) is 0.146. The molecule has 0 saturated carbocycles. The van der Waals surface area contributed by atoms with Gasteiger partial charge in [0, 0.05) is 5.94 Å². The fourth-order valence-electron chi connectivity index (χ4n) is 1.88. The molecule has 0 aromatic heterocycles. The van der Waals surface area contributed by atoms with Crippen molar-refractivity contribution < 1.29 is 19.3 Å². The summed E-state index contributed by atoms with van der Waals surface area (Å²) in [5.74, 6) is -0.726. The van der Waals surface area contributed by atoms with Gasteiger partial charge in [-0.3, -0.25) is 4.79 Å². The number of carbonyl (C=O) groups excluding carboxylic acids is 2. The summed E-state index contributed by atoms with van der Waals surface area (Å²) in [6, 6.07) is 8.51. The van der Waals surface area contributed by atoms with E-state index >= 15 is 0 Å². The molecular formula is C16H24BN2O4. The molecule has 2 amide bonds. The van der Waals surface area contributed by atoms with Crippen LogP contribution >= 0.6 is 0 Å². The third kappa shape index (κ3) is 6.73. The van der Waals surface area contributed by atoms with Crippen LogP contribution < -0.4 is 10.6 Å². The Balaban J connectivity index is 2.40. The molecule has 3 atom stereocenters. The smallest absolute Gasteiger partial charge is 0.408 e. The normalized spacial score (nSPS) is 14.3. The number of alkyl carbamates (subject to hydrolysis) is 1. The number of rotatable bonds is 8. The van der Waals surface area contributed by atoms with Gasteiger partial charge in [0.1, 0.15) is 12.6 Å². The van der Waals surface area contributed by atoms with Gasteiger partial charge >= 0.3 is 13.6 Å². The lowest BCUT2D eigenvalue weighted by Crippen LogP contribution is -2.51. The van der Waals surface area contributed by atoms with Gasteiger partial charge in [0.2, 0.25) is 5.91 Å². The van der Waals surface area contributed by atoms with Crippen LogP contribution in [0.4, 0.5) is 4.79 Å². The zero-order valence-corrected chi connectivity index (χ0v) is 13.8. The van der Waals surface area contributed by atoms with E-state index in [1.54, 1.807) is 6.92 Å². The Morgan fingerprint density at radius 2 is 1.87 bits per heavy atom. The van der Waals surface area contributed by atoms with Gasteiger partial charge in [-0.25, -0.2) is 4.79 Å². The van der Waals surface area contributed by atoms with Crippen LogP contribution in [0.3, 0.4) is 0 Å². The van der Waals surface area contributed by atoms with E-state index in [0.717, 1.165) is 19.5 Å². The van der Waals surface area contributed by atoms with E-state index in [4.69, 9.17) is 4.74 Å². The van der Waals surface area contributed by atoms with Crippen molar-refractivity contribution in [3.8, 4) is 0 Å². The van der Waals surface area contributed by atoms with Crippen LogP contribution in [0.2, 0.25) is 0 Å². The predicted octanol–water partition coefficient (Wildman–Crippen LogP) is 1.40. The second kappa shape index (κ2) is 9.89. The van der Waals surface area contributed by atoms with Crippen molar-refractivity contribution in [3.05, 3.63) is 35.9 Å². The first kappa shape index (κ1) is 19.0. The van der Waals surface area contributed by atoms with Crippen molar-refractivity contribution in [2.75, 3.05) is 0 Å². The van der Waals surface area contributed by atoms with Gasteiger partial charge in [-0.05, 0) is 18.4 Å². The summed E-state index contributed by atoms with van der Waals surface area (Å²) >= 11 is 0. The molecule has 6 nitrogen and oxygen atoms in total. The molecule has 125 valence electrons. The van der Waals surface area contributed by atoms with E-state index in [0.29, 0.717) is 0 Å². The maximum absolute atomic E-state index is 12.0. The average molecular weight is 319 g/mol. The fraction of sp³-hybridized carbons (Fsp3) is 0.500. The highest BCUT2D eigenvalue weighted by Crippen LogP contribution is 2.06. The molecule has 0 heterocycles. The molecule has 0 aliphatic carbocycles. The van der Waals surface area contributed by atoms with Crippen molar-refractivity contribution in [2.24, 2.45) is 5.92 Å². The van der Waals surface area contributed by atoms with E-state index in [1.165, 1.54) is 0 Å². The first-order valence-corrected chi connectivity index (χ1v) is 7.73. The standard InChI is InChI=1S/C16H24BN2O4/c1-4-11(2)14(17-22)19-15(20)12(3)18-16(21)23-10-13-8-6-5-7-9-13/h5-9,11-12,14,22H,4,10H2,1-3H3,(H,18,21)(H,19,20)/t11-,12-,14-/m0/s1. The highest BCUT2D eigenvalue weighted by atomic mass is 16.5. The Kier molecular flexibility index (Phi) is 8.19. The highest BCUT2D eigenvalue weighted by Gasteiger charge is 2.23. The van der Waals surface area contributed by atoms with E-state index in [2.05, 4.69) is 10.6 Å². The Morgan fingerprint density at radius 1 is 1.22 bits per heavy atom. The van der Waals surface area contributed by atoms with Gasteiger partial charge in [0.05, 0.1) is 0 Å². The monoisotopic (exact) mass is 319 g/mol.